The number of thiazole rings is 1. The van der Waals surface area contributed by atoms with Crippen LogP contribution in [-0.2, 0) is 13.6 Å². The molecule has 2 aromatic rings. The Morgan fingerprint density at radius 2 is 2.00 bits per heavy atom. The van der Waals surface area contributed by atoms with E-state index in [2.05, 4.69) is 19.8 Å². The summed E-state index contributed by atoms with van der Waals surface area (Å²) in [6, 6.07) is 2.01. The zero-order chi connectivity index (χ0) is 17.3. The van der Waals surface area contributed by atoms with E-state index in [4.69, 9.17) is 0 Å². The van der Waals surface area contributed by atoms with Crippen molar-refractivity contribution in [2.75, 3.05) is 26.2 Å². The highest BCUT2D eigenvalue weighted by molar-refractivity contribution is 7.09. The maximum atomic E-state index is 12.9. The summed E-state index contributed by atoms with van der Waals surface area (Å²) in [7, 11) is 2.02. The summed E-state index contributed by atoms with van der Waals surface area (Å²) in [5.41, 5.74) is 4.17. The van der Waals surface area contributed by atoms with Crippen LogP contribution >= 0.6 is 11.3 Å². The molecule has 24 heavy (non-hydrogen) atoms. The van der Waals surface area contributed by atoms with Gasteiger partial charge in [0.2, 0.25) is 0 Å². The monoisotopic (exact) mass is 346 g/mol. The molecule has 1 amide bonds. The smallest absolute Gasteiger partial charge is 0.255 e. The summed E-state index contributed by atoms with van der Waals surface area (Å²) in [4.78, 5) is 21.9. The molecule has 2 aromatic heterocycles. The average molecular weight is 347 g/mol. The Morgan fingerprint density at radius 1 is 1.21 bits per heavy atom. The fourth-order valence-corrected chi connectivity index (χ4v) is 3.89. The number of amides is 1. The van der Waals surface area contributed by atoms with Crippen molar-refractivity contribution in [1.82, 2.24) is 19.4 Å². The molecule has 0 aliphatic carbocycles. The van der Waals surface area contributed by atoms with E-state index in [1.54, 1.807) is 11.3 Å². The van der Waals surface area contributed by atoms with Crippen LogP contribution in [-0.4, -0.2) is 51.4 Å². The first kappa shape index (κ1) is 17.2. The van der Waals surface area contributed by atoms with Crippen LogP contribution in [0.3, 0.4) is 0 Å². The van der Waals surface area contributed by atoms with E-state index in [1.807, 2.05) is 38.8 Å². The molecule has 0 aromatic carbocycles. The average Bonchev–Trinajstić information content (AvgIpc) is 2.96. The third-order valence-corrected chi connectivity index (χ3v) is 5.76. The first-order valence-electron chi connectivity index (χ1n) is 8.51. The molecular weight excluding hydrogens is 320 g/mol. The van der Waals surface area contributed by atoms with Crippen LogP contribution in [0.25, 0.3) is 0 Å². The van der Waals surface area contributed by atoms with E-state index >= 15 is 0 Å². The van der Waals surface area contributed by atoms with E-state index in [-0.39, 0.29) is 5.91 Å². The van der Waals surface area contributed by atoms with Gasteiger partial charge in [-0.3, -0.25) is 9.69 Å². The van der Waals surface area contributed by atoms with Gasteiger partial charge in [0.25, 0.3) is 5.91 Å². The highest BCUT2D eigenvalue weighted by Gasteiger charge is 2.23. The molecule has 130 valence electrons. The lowest BCUT2D eigenvalue weighted by atomic mass is 10.2. The number of hydrogen-bond acceptors (Lipinski definition) is 4. The topological polar surface area (TPSA) is 41.4 Å². The second-order valence-corrected chi connectivity index (χ2v) is 7.69. The summed E-state index contributed by atoms with van der Waals surface area (Å²) in [5.74, 6) is 0.169. The number of nitrogens with zero attached hydrogens (tertiary/aromatic N) is 4. The Balaban J connectivity index is 1.64. The summed E-state index contributed by atoms with van der Waals surface area (Å²) >= 11 is 1.70. The van der Waals surface area contributed by atoms with Gasteiger partial charge >= 0.3 is 0 Å². The molecule has 1 aliphatic heterocycles. The van der Waals surface area contributed by atoms with E-state index in [0.29, 0.717) is 0 Å². The molecule has 0 unspecified atom stereocenters. The molecule has 0 bridgehead atoms. The highest BCUT2D eigenvalue weighted by atomic mass is 32.1. The normalized spacial score (nSPS) is 16.4. The molecule has 1 aliphatic rings. The van der Waals surface area contributed by atoms with Crippen molar-refractivity contribution in [2.24, 2.45) is 7.05 Å². The van der Waals surface area contributed by atoms with Crippen molar-refractivity contribution >= 4 is 17.2 Å². The third kappa shape index (κ3) is 3.54. The lowest BCUT2D eigenvalue weighted by Gasteiger charge is -2.21. The number of carbonyl (C=O) groups excluding carboxylic acids is 1. The highest BCUT2D eigenvalue weighted by Crippen LogP contribution is 2.18. The van der Waals surface area contributed by atoms with Crippen LogP contribution in [0.5, 0.6) is 0 Å². The Kier molecular flexibility index (Phi) is 5.06. The molecule has 5 nitrogen and oxygen atoms in total. The van der Waals surface area contributed by atoms with Gasteiger partial charge < -0.3 is 9.47 Å². The maximum Gasteiger partial charge on any atom is 0.255 e. The predicted molar refractivity (Wildman–Crippen MR) is 97.5 cm³/mol. The van der Waals surface area contributed by atoms with Gasteiger partial charge in [-0.2, -0.15) is 0 Å². The van der Waals surface area contributed by atoms with Gasteiger partial charge in [-0.15, -0.1) is 11.3 Å². The van der Waals surface area contributed by atoms with Crippen LogP contribution in [0.1, 0.15) is 38.9 Å². The summed E-state index contributed by atoms with van der Waals surface area (Å²) in [5, 5.41) is 3.26. The number of hydrogen-bond donors (Lipinski definition) is 0. The van der Waals surface area contributed by atoms with Crippen LogP contribution in [0.4, 0.5) is 0 Å². The van der Waals surface area contributed by atoms with Gasteiger partial charge in [0.05, 0.1) is 16.3 Å². The zero-order valence-electron chi connectivity index (χ0n) is 15.0. The fourth-order valence-electron chi connectivity index (χ4n) is 3.28. The molecule has 0 atom stereocenters. The minimum absolute atomic E-state index is 0.169. The van der Waals surface area contributed by atoms with E-state index in [1.165, 1.54) is 0 Å². The molecule has 6 heteroatoms. The molecule has 0 spiro atoms. The first-order chi connectivity index (χ1) is 11.5. The van der Waals surface area contributed by atoms with Crippen molar-refractivity contribution < 1.29 is 4.79 Å². The van der Waals surface area contributed by atoms with E-state index in [0.717, 1.165) is 66.8 Å². The lowest BCUT2D eigenvalue weighted by molar-refractivity contribution is 0.0760. The van der Waals surface area contributed by atoms with Gasteiger partial charge in [-0.25, -0.2) is 4.98 Å². The quantitative estimate of drug-likeness (QED) is 0.858. The van der Waals surface area contributed by atoms with Gasteiger partial charge in [-0.1, -0.05) is 0 Å². The Bertz CT molecular complexity index is 733. The minimum atomic E-state index is 0.169. The number of aromatic nitrogens is 2. The zero-order valence-corrected chi connectivity index (χ0v) is 15.8. The molecule has 0 radical (unpaired) electrons. The molecule has 0 saturated carbocycles. The lowest BCUT2D eigenvalue weighted by Crippen LogP contribution is -2.35. The summed E-state index contributed by atoms with van der Waals surface area (Å²) in [6.07, 6.45) is 1.01. The fraction of sp³-hybridized carbons (Fsp3) is 0.556. The first-order valence-corrected chi connectivity index (χ1v) is 9.39. The molecule has 3 heterocycles. The van der Waals surface area contributed by atoms with Crippen molar-refractivity contribution in [3.8, 4) is 0 Å². The van der Waals surface area contributed by atoms with Gasteiger partial charge in [-0.05, 0) is 33.3 Å². The summed E-state index contributed by atoms with van der Waals surface area (Å²) < 4.78 is 2.09. The predicted octanol–water partition coefficient (Wildman–Crippen LogP) is 2.75. The van der Waals surface area contributed by atoms with Crippen molar-refractivity contribution in [3.05, 3.63) is 39.1 Å². The minimum Gasteiger partial charge on any atom is -0.351 e. The maximum absolute atomic E-state index is 12.9. The summed E-state index contributed by atoms with van der Waals surface area (Å²) in [6.45, 7) is 10.5. The second kappa shape index (κ2) is 7.07. The Morgan fingerprint density at radius 3 is 2.62 bits per heavy atom. The van der Waals surface area contributed by atoms with Gasteiger partial charge in [0.1, 0.15) is 0 Å². The van der Waals surface area contributed by atoms with Gasteiger partial charge in [0, 0.05) is 56.5 Å². The number of aryl methyl sites for hydroxylation is 2. The van der Waals surface area contributed by atoms with Crippen LogP contribution in [0.15, 0.2) is 11.4 Å². The largest absolute Gasteiger partial charge is 0.351 e. The third-order valence-electron chi connectivity index (χ3n) is 4.93. The molecule has 0 N–H and O–H groups in total. The number of rotatable bonds is 3. The molecular formula is C18H26N4OS. The SMILES string of the molecule is Cc1nc(CN2CCCN(C(=O)c3cc(C)n(C)c3C)CC2)cs1. The molecule has 1 saturated heterocycles. The molecule has 1 fully saturated rings. The Hall–Kier alpha value is -1.66. The van der Waals surface area contributed by atoms with Crippen LogP contribution in [0.2, 0.25) is 0 Å². The van der Waals surface area contributed by atoms with Gasteiger partial charge in [0.15, 0.2) is 0 Å². The standard InChI is InChI=1S/C18H26N4OS/c1-13-10-17(14(2)20(13)4)18(23)22-7-5-6-21(8-9-22)11-16-12-24-15(3)19-16/h10,12H,5-9,11H2,1-4H3. The second-order valence-electron chi connectivity index (χ2n) is 6.62. The van der Waals surface area contributed by atoms with Crippen molar-refractivity contribution in [1.29, 1.82) is 0 Å². The van der Waals surface area contributed by atoms with E-state index < -0.39 is 0 Å². The Labute approximate surface area is 147 Å². The van der Waals surface area contributed by atoms with Crippen LogP contribution < -0.4 is 0 Å². The van der Waals surface area contributed by atoms with Crippen molar-refractivity contribution in [2.45, 2.75) is 33.7 Å². The van der Waals surface area contributed by atoms with E-state index in [9.17, 15) is 4.79 Å². The molecule has 3 rings (SSSR count). The number of carbonyl (C=O) groups is 1. The van der Waals surface area contributed by atoms with Crippen LogP contribution in [0, 0.1) is 20.8 Å². The van der Waals surface area contributed by atoms with Crippen molar-refractivity contribution in [3.63, 3.8) is 0 Å².